The van der Waals surface area contributed by atoms with Crippen molar-refractivity contribution in [3.05, 3.63) is 40.3 Å². The number of carbonyl (C=O) groups excluding carboxylic acids is 2. The molecule has 1 aliphatic heterocycles. The monoisotopic (exact) mass is 425 g/mol. The summed E-state index contributed by atoms with van der Waals surface area (Å²) >= 11 is 1.42. The molecule has 0 bridgehead atoms. The number of ether oxygens (including phenoxy) is 1. The van der Waals surface area contributed by atoms with Gasteiger partial charge in [0.2, 0.25) is 0 Å². The second kappa shape index (κ2) is 11.0. The molecule has 1 aromatic heterocycles. The molecule has 1 atom stereocenters. The number of hydrogen-bond donors (Lipinski definition) is 4. The number of thiazole rings is 1. The second-order valence-electron chi connectivity index (χ2n) is 6.17. The number of carbonyl (C=O) groups is 2. The van der Waals surface area contributed by atoms with Crippen LogP contribution in [0, 0.1) is 0 Å². The molecular weight excluding hydrogens is 402 g/mol. The molecule has 0 aliphatic carbocycles. The number of benzene rings is 1. The number of amides is 3. The van der Waals surface area contributed by atoms with Gasteiger partial charge in [-0.05, 0) is 43.7 Å². The highest BCUT2D eigenvalue weighted by Gasteiger charge is 2.16. The molecule has 10 heteroatoms. The van der Waals surface area contributed by atoms with E-state index in [1.165, 1.54) is 11.3 Å². The number of halogens is 1. The minimum Gasteiger partial charge on any atom is -0.376 e. The Morgan fingerprint density at radius 3 is 2.57 bits per heavy atom. The fourth-order valence-corrected chi connectivity index (χ4v) is 3.47. The molecule has 2 aromatic rings. The van der Waals surface area contributed by atoms with E-state index < -0.39 is 0 Å². The maximum absolute atomic E-state index is 12.2. The average molecular weight is 426 g/mol. The van der Waals surface area contributed by atoms with E-state index in [0.717, 1.165) is 24.5 Å². The van der Waals surface area contributed by atoms with Crippen molar-refractivity contribution in [2.45, 2.75) is 25.4 Å². The van der Waals surface area contributed by atoms with Crippen LogP contribution in [0.1, 0.15) is 28.3 Å². The van der Waals surface area contributed by atoms with E-state index in [2.05, 4.69) is 20.9 Å². The first-order chi connectivity index (χ1) is 13.1. The second-order valence-corrected chi connectivity index (χ2v) is 7.11. The molecule has 152 valence electrons. The summed E-state index contributed by atoms with van der Waals surface area (Å²) in [6.45, 7) is 1.76. The van der Waals surface area contributed by atoms with E-state index in [9.17, 15) is 9.59 Å². The Hall–Kier alpha value is -2.20. The Morgan fingerprint density at radius 1 is 1.21 bits per heavy atom. The summed E-state index contributed by atoms with van der Waals surface area (Å²) < 4.78 is 5.46. The standard InChI is InChI=1S/C18H23N5O3S.ClH/c19-8-7-16-23-15(11-27-16)17(24)21-12-3-5-13(6-4-12)22-18(25)20-10-14-2-1-9-26-14;/h3-6,11,14H,1-2,7-10,19H2,(H,21,24)(H2,20,22,25);1H. The fourth-order valence-electron chi connectivity index (χ4n) is 2.67. The van der Waals surface area contributed by atoms with Crippen LogP contribution in [0.2, 0.25) is 0 Å². The van der Waals surface area contributed by atoms with Crippen LogP contribution in [0.15, 0.2) is 29.6 Å². The fraction of sp³-hybridized carbons (Fsp3) is 0.389. The molecule has 2 heterocycles. The summed E-state index contributed by atoms with van der Waals surface area (Å²) in [5, 5.41) is 10.9. The van der Waals surface area contributed by atoms with Gasteiger partial charge in [-0.3, -0.25) is 4.79 Å². The molecule has 1 saturated heterocycles. The Morgan fingerprint density at radius 2 is 1.93 bits per heavy atom. The first-order valence-corrected chi connectivity index (χ1v) is 9.74. The molecular formula is C18H24ClN5O3S. The predicted molar refractivity (Wildman–Crippen MR) is 113 cm³/mol. The molecule has 1 aromatic carbocycles. The zero-order chi connectivity index (χ0) is 19.1. The van der Waals surface area contributed by atoms with Crippen LogP contribution in [0.25, 0.3) is 0 Å². The van der Waals surface area contributed by atoms with Crippen LogP contribution in [0.5, 0.6) is 0 Å². The van der Waals surface area contributed by atoms with Crippen molar-refractivity contribution in [1.29, 1.82) is 0 Å². The lowest BCUT2D eigenvalue weighted by atomic mass is 10.2. The smallest absolute Gasteiger partial charge is 0.319 e. The van der Waals surface area contributed by atoms with Crippen molar-refractivity contribution in [2.75, 3.05) is 30.3 Å². The summed E-state index contributed by atoms with van der Waals surface area (Å²) in [4.78, 5) is 28.4. The third-order valence-corrected chi connectivity index (χ3v) is 4.97. The van der Waals surface area contributed by atoms with Gasteiger partial charge in [-0.15, -0.1) is 23.7 Å². The number of nitrogens with one attached hydrogen (secondary N) is 3. The van der Waals surface area contributed by atoms with Crippen molar-refractivity contribution in [3.63, 3.8) is 0 Å². The number of rotatable bonds is 7. The lowest BCUT2D eigenvalue weighted by Gasteiger charge is -2.12. The quantitative estimate of drug-likeness (QED) is 0.543. The van der Waals surface area contributed by atoms with E-state index in [0.29, 0.717) is 36.6 Å². The molecule has 3 amide bonds. The minimum absolute atomic E-state index is 0. The third kappa shape index (κ3) is 6.45. The van der Waals surface area contributed by atoms with Gasteiger partial charge >= 0.3 is 6.03 Å². The van der Waals surface area contributed by atoms with E-state index >= 15 is 0 Å². The van der Waals surface area contributed by atoms with Gasteiger partial charge in [0.05, 0.1) is 11.1 Å². The number of nitrogens with two attached hydrogens (primary N) is 1. The molecule has 28 heavy (non-hydrogen) atoms. The average Bonchev–Trinajstić information content (AvgIpc) is 3.34. The van der Waals surface area contributed by atoms with Crippen molar-refractivity contribution in [2.24, 2.45) is 5.73 Å². The van der Waals surface area contributed by atoms with Crippen molar-refractivity contribution in [1.82, 2.24) is 10.3 Å². The Kier molecular flexibility index (Phi) is 8.65. The zero-order valence-electron chi connectivity index (χ0n) is 15.3. The maximum atomic E-state index is 12.2. The molecule has 0 spiro atoms. The molecule has 1 unspecified atom stereocenters. The zero-order valence-corrected chi connectivity index (χ0v) is 16.9. The highest BCUT2D eigenvalue weighted by atomic mass is 35.5. The van der Waals surface area contributed by atoms with Crippen molar-refractivity contribution in [3.8, 4) is 0 Å². The lowest BCUT2D eigenvalue weighted by Crippen LogP contribution is -2.35. The predicted octanol–water partition coefficient (Wildman–Crippen LogP) is 2.62. The van der Waals surface area contributed by atoms with Gasteiger partial charge in [0.25, 0.3) is 5.91 Å². The van der Waals surface area contributed by atoms with Crippen molar-refractivity contribution >= 4 is 47.1 Å². The van der Waals surface area contributed by atoms with E-state index in [4.69, 9.17) is 10.5 Å². The van der Waals surface area contributed by atoms with Gasteiger partial charge in [0.1, 0.15) is 5.69 Å². The number of nitrogens with zero attached hydrogens (tertiary/aromatic N) is 1. The van der Waals surface area contributed by atoms with Crippen LogP contribution in [0.4, 0.5) is 16.2 Å². The van der Waals surface area contributed by atoms with Gasteiger partial charge in [-0.2, -0.15) is 0 Å². The molecule has 1 fully saturated rings. The molecule has 8 nitrogen and oxygen atoms in total. The van der Waals surface area contributed by atoms with Crippen LogP contribution in [-0.2, 0) is 11.2 Å². The van der Waals surface area contributed by atoms with E-state index in [-0.39, 0.29) is 30.4 Å². The molecule has 0 saturated carbocycles. The minimum atomic E-state index is -0.280. The molecule has 1 aliphatic rings. The Labute approximate surface area is 173 Å². The van der Waals surface area contributed by atoms with E-state index in [1.807, 2.05) is 0 Å². The SMILES string of the molecule is Cl.NCCc1nc(C(=O)Nc2ccc(NC(=O)NCC3CCCO3)cc2)cs1. The van der Waals surface area contributed by atoms with Gasteiger partial charge in [-0.1, -0.05) is 0 Å². The third-order valence-electron chi connectivity index (χ3n) is 4.06. The van der Waals surface area contributed by atoms with Crippen LogP contribution in [0.3, 0.4) is 0 Å². The highest BCUT2D eigenvalue weighted by Crippen LogP contribution is 2.16. The van der Waals surface area contributed by atoms with Crippen LogP contribution < -0.4 is 21.7 Å². The number of aromatic nitrogens is 1. The molecule has 3 rings (SSSR count). The largest absolute Gasteiger partial charge is 0.376 e. The van der Waals surface area contributed by atoms with Gasteiger partial charge in [0.15, 0.2) is 0 Å². The van der Waals surface area contributed by atoms with Gasteiger partial charge in [0, 0.05) is 36.3 Å². The molecule has 5 N–H and O–H groups in total. The number of urea groups is 1. The summed E-state index contributed by atoms with van der Waals surface area (Å²) in [5.74, 6) is -0.274. The normalized spacial score (nSPS) is 15.5. The van der Waals surface area contributed by atoms with Crippen LogP contribution >= 0.6 is 23.7 Å². The topological polar surface area (TPSA) is 118 Å². The summed E-state index contributed by atoms with van der Waals surface area (Å²) in [6, 6.07) is 6.61. The Balaban J connectivity index is 0.00000280. The number of hydrogen-bond acceptors (Lipinski definition) is 6. The van der Waals surface area contributed by atoms with Gasteiger partial charge < -0.3 is 26.4 Å². The Bertz CT molecular complexity index is 778. The van der Waals surface area contributed by atoms with Crippen LogP contribution in [-0.4, -0.2) is 42.7 Å². The van der Waals surface area contributed by atoms with E-state index in [1.54, 1.807) is 29.6 Å². The summed E-state index contributed by atoms with van der Waals surface area (Å²) in [5.41, 5.74) is 7.13. The maximum Gasteiger partial charge on any atom is 0.319 e. The number of anilines is 2. The lowest BCUT2D eigenvalue weighted by molar-refractivity contribution is 0.102. The summed E-state index contributed by atoms with van der Waals surface area (Å²) in [6.07, 6.45) is 2.77. The first-order valence-electron chi connectivity index (χ1n) is 8.86. The summed E-state index contributed by atoms with van der Waals surface area (Å²) in [7, 11) is 0. The van der Waals surface area contributed by atoms with Crippen molar-refractivity contribution < 1.29 is 14.3 Å². The highest BCUT2D eigenvalue weighted by molar-refractivity contribution is 7.09. The van der Waals surface area contributed by atoms with Gasteiger partial charge in [-0.25, -0.2) is 9.78 Å². The first kappa shape index (κ1) is 22.1. The molecule has 0 radical (unpaired) electrons.